The van der Waals surface area contributed by atoms with Crippen molar-refractivity contribution in [2.75, 3.05) is 39.4 Å². The Morgan fingerprint density at radius 3 is 3.00 bits per heavy atom. The molecule has 0 saturated carbocycles. The second-order valence-electron chi connectivity index (χ2n) is 5.79. The van der Waals surface area contributed by atoms with Crippen molar-refractivity contribution in [3.8, 4) is 0 Å². The first-order valence-electron chi connectivity index (χ1n) is 8.18. The number of ether oxygens (including phenoxy) is 1. The second-order valence-corrected chi connectivity index (χ2v) is 6.20. The number of para-hydroxylation sites is 1. The van der Waals surface area contributed by atoms with Crippen LogP contribution < -0.4 is 10.7 Å². The predicted octanol–water partition coefficient (Wildman–Crippen LogP) is 1.61. The Labute approximate surface area is 147 Å². The molecule has 3 rings (SSSR count). The third-order valence-corrected chi connectivity index (χ3v) is 4.36. The van der Waals surface area contributed by atoms with Gasteiger partial charge >= 0.3 is 0 Å². The fourth-order valence-corrected chi connectivity index (χ4v) is 2.97. The molecule has 128 valence electrons. The van der Waals surface area contributed by atoms with E-state index < -0.39 is 0 Å². The van der Waals surface area contributed by atoms with Gasteiger partial charge in [0.15, 0.2) is 5.11 Å². The topological polar surface area (TPSA) is 64.7 Å². The maximum Gasteiger partial charge on any atom is 0.187 e. The van der Waals surface area contributed by atoms with Gasteiger partial charge in [-0.1, -0.05) is 18.2 Å². The van der Waals surface area contributed by atoms with Crippen molar-refractivity contribution >= 4 is 34.4 Å². The maximum absolute atomic E-state index is 5.33. The van der Waals surface area contributed by atoms with Gasteiger partial charge < -0.3 is 15.0 Å². The fourth-order valence-electron chi connectivity index (χ4n) is 2.81. The van der Waals surface area contributed by atoms with Gasteiger partial charge in [-0.25, -0.2) is 0 Å². The van der Waals surface area contributed by atoms with Gasteiger partial charge in [-0.05, 0) is 25.2 Å². The van der Waals surface area contributed by atoms with Gasteiger partial charge in [0.2, 0.25) is 0 Å². The highest BCUT2D eigenvalue weighted by Crippen LogP contribution is 2.19. The van der Waals surface area contributed by atoms with E-state index in [1.807, 2.05) is 25.3 Å². The molecule has 1 saturated heterocycles. The summed E-state index contributed by atoms with van der Waals surface area (Å²) in [5.74, 6) is 0. The van der Waals surface area contributed by atoms with Crippen molar-refractivity contribution in [2.24, 2.45) is 5.10 Å². The van der Waals surface area contributed by atoms with E-state index in [4.69, 9.17) is 17.0 Å². The van der Waals surface area contributed by atoms with E-state index >= 15 is 0 Å². The molecule has 1 aromatic carbocycles. The van der Waals surface area contributed by atoms with E-state index in [0.717, 1.165) is 61.6 Å². The van der Waals surface area contributed by atoms with Gasteiger partial charge in [-0.3, -0.25) is 10.3 Å². The van der Waals surface area contributed by atoms with E-state index in [-0.39, 0.29) is 0 Å². The lowest BCUT2D eigenvalue weighted by molar-refractivity contribution is 0.0389. The van der Waals surface area contributed by atoms with Crippen molar-refractivity contribution < 1.29 is 4.74 Å². The van der Waals surface area contributed by atoms with Gasteiger partial charge in [0, 0.05) is 48.3 Å². The average Bonchev–Trinajstić information content (AvgIpc) is 2.92. The number of nitrogens with one attached hydrogen (secondary N) is 3. The molecule has 0 spiro atoms. The molecule has 2 aromatic rings. The zero-order valence-electron chi connectivity index (χ0n) is 13.8. The second kappa shape index (κ2) is 8.23. The van der Waals surface area contributed by atoms with Crippen LogP contribution in [0.1, 0.15) is 11.3 Å². The number of aryl methyl sites for hydroxylation is 1. The molecule has 0 aliphatic carbocycles. The molecule has 0 radical (unpaired) electrons. The zero-order chi connectivity index (χ0) is 16.8. The molecule has 0 amide bonds. The molecular weight excluding hydrogens is 322 g/mol. The number of aromatic nitrogens is 1. The molecule has 6 nitrogen and oxygen atoms in total. The lowest BCUT2D eigenvalue weighted by Crippen LogP contribution is -2.42. The molecule has 3 N–H and O–H groups in total. The van der Waals surface area contributed by atoms with Crippen LogP contribution in [0.3, 0.4) is 0 Å². The molecule has 0 atom stereocenters. The van der Waals surface area contributed by atoms with Crippen LogP contribution in [0, 0.1) is 6.92 Å². The molecule has 24 heavy (non-hydrogen) atoms. The van der Waals surface area contributed by atoms with Gasteiger partial charge in [0.25, 0.3) is 0 Å². The van der Waals surface area contributed by atoms with E-state index in [0.29, 0.717) is 5.11 Å². The quantitative estimate of drug-likeness (QED) is 0.436. The summed E-state index contributed by atoms with van der Waals surface area (Å²) >= 11 is 5.26. The Bertz CT molecular complexity index is 721. The number of benzene rings is 1. The van der Waals surface area contributed by atoms with Crippen molar-refractivity contribution in [1.82, 2.24) is 20.6 Å². The zero-order valence-corrected chi connectivity index (χ0v) is 14.7. The van der Waals surface area contributed by atoms with Crippen LogP contribution >= 0.6 is 12.2 Å². The normalized spacial score (nSPS) is 15.9. The number of aromatic amines is 1. The summed E-state index contributed by atoms with van der Waals surface area (Å²) in [5, 5.41) is 9.13. The Morgan fingerprint density at radius 2 is 2.17 bits per heavy atom. The summed E-state index contributed by atoms with van der Waals surface area (Å²) < 4.78 is 5.33. The number of fused-ring (bicyclic) bond motifs is 1. The van der Waals surface area contributed by atoms with Gasteiger partial charge in [0.1, 0.15) is 0 Å². The molecular formula is C17H23N5OS. The summed E-state index contributed by atoms with van der Waals surface area (Å²) in [7, 11) is 0. The standard InChI is InChI=1S/C17H23N5OS/c1-13-15(14-4-2-3-5-16(14)20-13)12-19-21-17(24)18-6-7-22-8-10-23-11-9-22/h2-5,12,20H,6-11H2,1H3,(H2,18,21,24)/b19-12+. The minimum Gasteiger partial charge on any atom is -0.379 e. The van der Waals surface area contributed by atoms with Crippen molar-refractivity contribution in [2.45, 2.75) is 6.92 Å². The first-order valence-corrected chi connectivity index (χ1v) is 8.59. The summed E-state index contributed by atoms with van der Waals surface area (Å²) in [6, 6.07) is 8.19. The summed E-state index contributed by atoms with van der Waals surface area (Å²) in [6.45, 7) is 7.40. The molecule has 1 fully saturated rings. The molecule has 7 heteroatoms. The maximum atomic E-state index is 5.33. The number of morpholine rings is 1. The first kappa shape index (κ1) is 16.9. The highest BCUT2D eigenvalue weighted by Gasteiger charge is 2.09. The number of hydrogen-bond acceptors (Lipinski definition) is 4. The monoisotopic (exact) mass is 345 g/mol. The van der Waals surface area contributed by atoms with Gasteiger partial charge in [-0.2, -0.15) is 5.10 Å². The number of hydrazone groups is 1. The van der Waals surface area contributed by atoms with Crippen LogP contribution in [-0.4, -0.2) is 60.6 Å². The minimum absolute atomic E-state index is 0.539. The highest BCUT2D eigenvalue weighted by atomic mass is 32.1. The lowest BCUT2D eigenvalue weighted by Gasteiger charge is -2.26. The van der Waals surface area contributed by atoms with Crippen molar-refractivity contribution in [3.05, 3.63) is 35.5 Å². The smallest absolute Gasteiger partial charge is 0.187 e. The molecule has 1 aliphatic heterocycles. The van der Waals surface area contributed by atoms with Crippen LogP contribution in [0.2, 0.25) is 0 Å². The number of H-pyrrole nitrogens is 1. The number of hydrogen-bond donors (Lipinski definition) is 3. The average molecular weight is 345 g/mol. The largest absolute Gasteiger partial charge is 0.379 e. The van der Waals surface area contributed by atoms with E-state index in [9.17, 15) is 0 Å². The van der Waals surface area contributed by atoms with Crippen LogP contribution in [0.5, 0.6) is 0 Å². The Balaban J connectivity index is 1.46. The fraction of sp³-hybridized carbons (Fsp3) is 0.412. The predicted molar refractivity (Wildman–Crippen MR) is 102 cm³/mol. The lowest BCUT2D eigenvalue weighted by atomic mass is 10.1. The number of thiocarbonyl (C=S) groups is 1. The van der Waals surface area contributed by atoms with Gasteiger partial charge in [-0.15, -0.1) is 0 Å². The first-order chi connectivity index (χ1) is 11.7. The number of rotatable bonds is 5. The summed E-state index contributed by atoms with van der Waals surface area (Å²) in [6.07, 6.45) is 1.81. The van der Waals surface area contributed by atoms with Crippen molar-refractivity contribution in [3.63, 3.8) is 0 Å². The summed E-state index contributed by atoms with van der Waals surface area (Å²) in [4.78, 5) is 5.71. The molecule has 2 heterocycles. The number of nitrogens with zero attached hydrogens (tertiary/aromatic N) is 2. The molecule has 1 aliphatic rings. The SMILES string of the molecule is Cc1[nH]c2ccccc2c1/C=N/NC(=S)NCCN1CCOCC1. The Hall–Kier alpha value is -1.96. The van der Waals surface area contributed by atoms with E-state index in [1.165, 1.54) is 0 Å². The Kier molecular flexibility index (Phi) is 5.79. The minimum atomic E-state index is 0.539. The van der Waals surface area contributed by atoms with Crippen LogP contribution in [-0.2, 0) is 4.74 Å². The third-order valence-electron chi connectivity index (χ3n) is 4.12. The highest BCUT2D eigenvalue weighted by molar-refractivity contribution is 7.80. The molecule has 0 unspecified atom stereocenters. The van der Waals surface area contributed by atoms with Gasteiger partial charge in [0.05, 0.1) is 19.4 Å². The van der Waals surface area contributed by atoms with E-state index in [2.05, 4.69) is 37.9 Å². The van der Waals surface area contributed by atoms with Crippen LogP contribution in [0.15, 0.2) is 29.4 Å². The molecule has 0 bridgehead atoms. The summed E-state index contributed by atoms with van der Waals surface area (Å²) in [5.41, 5.74) is 6.17. The van der Waals surface area contributed by atoms with Crippen LogP contribution in [0.4, 0.5) is 0 Å². The third kappa shape index (κ3) is 4.31. The van der Waals surface area contributed by atoms with E-state index in [1.54, 1.807) is 0 Å². The Morgan fingerprint density at radius 1 is 1.38 bits per heavy atom. The molecule has 1 aromatic heterocycles. The van der Waals surface area contributed by atoms with Crippen molar-refractivity contribution in [1.29, 1.82) is 0 Å². The van der Waals surface area contributed by atoms with Crippen LogP contribution in [0.25, 0.3) is 10.9 Å².